The lowest BCUT2D eigenvalue weighted by atomic mass is 10.1. The molecular weight excluding hydrogens is 359 g/mol. The number of hydrogen-bond acceptors (Lipinski definition) is 4. The van der Waals surface area contributed by atoms with Gasteiger partial charge in [0.2, 0.25) is 10.0 Å². The Morgan fingerprint density at radius 2 is 2.00 bits per heavy atom. The molecule has 0 unspecified atom stereocenters. The number of carbonyl (C=O) groups is 1. The highest BCUT2D eigenvalue weighted by molar-refractivity contribution is 7.89. The molecule has 3 rings (SSSR count). The summed E-state index contributed by atoms with van der Waals surface area (Å²) in [5, 5.41) is 0. The molecule has 26 heavy (non-hydrogen) atoms. The van der Waals surface area contributed by atoms with E-state index in [1.54, 1.807) is 4.90 Å². The molecular formula is C18H25FN2O4S. The van der Waals surface area contributed by atoms with Crippen molar-refractivity contribution in [2.45, 2.75) is 31.1 Å². The van der Waals surface area contributed by atoms with Crippen LogP contribution in [0.25, 0.3) is 0 Å². The lowest BCUT2D eigenvalue weighted by Crippen LogP contribution is -2.41. The van der Waals surface area contributed by atoms with Gasteiger partial charge in [-0.1, -0.05) is 6.92 Å². The van der Waals surface area contributed by atoms with E-state index in [9.17, 15) is 17.6 Å². The highest BCUT2D eigenvalue weighted by Crippen LogP contribution is 2.30. The van der Waals surface area contributed by atoms with Crippen LogP contribution in [0, 0.1) is 11.7 Å². The molecule has 8 heteroatoms. The van der Waals surface area contributed by atoms with Gasteiger partial charge in [-0.05, 0) is 43.4 Å². The van der Waals surface area contributed by atoms with Gasteiger partial charge in [0.25, 0.3) is 5.91 Å². The quantitative estimate of drug-likeness (QED) is 0.722. The van der Waals surface area contributed by atoms with E-state index in [1.165, 1.54) is 16.4 Å². The molecule has 0 radical (unpaired) electrons. The molecule has 1 aromatic rings. The number of ether oxygens (including phenoxy) is 1. The van der Waals surface area contributed by atoms with Crippen molar-refractivity contribution in [2.24, 2.45) is 5.92 Å². The Balaban J connectivity index is 1.87. The van der Waals surface area contributed by atoms with Gasteiger partial charge < -0.3 is 9.64 Å². The maximum absolute atomic E-state index is 14.3. The largest absolute Gasteiger partial charge is 0.379 e. The first-order valence-electron chi connectivity index (χ1n) is 9.10. The summed E-state index contributed by atoms with van der Waals surface area (Å²) >= 11 is 0. The predicted octanol–water partition coefficient (Wildman–Crippen LogP) is 2.11. The van der Waals surface area contributed by atoms with Crippen molar-refractivity contribution in [1.82, 2.24) is 9.21 Å². The molecule has 1 saturated heterocycles. The number of amides is 1. The number of hydrogen-bond donors (Lipinski definition) is 0. The normalized spacial score (nSPS) is 18.7. The molecule has 1 saturated carbocycles. The maximum Gasteiger partial charge on any atom is 0.253 e. The van der Waals surface area contributed by atoms with E-state index in [-0.39, 0.29) is 37.8 Å². The zero-order valence-corrected chi connectivity index (χ0v) is 15.8. The van der Waals surface area contributed by atoms with Crippen LogP contribution in [0.5, 0.6) is 0 Å². The summed E-state index contributed by atoms with van der Waals surface area (Å²) in [6, 6.07) is 3.62. The summed E-state index contributed by atoms with van der Waals surface area (Å²) in [7, 11) is -3.99. The van der Waals surface area contributed by atoms with Gasteiger partial charge in [-0.25, -0.2) is 12.8 Å². The third-order valence-corrected chi connectivity index (χ3v) is 6.64. The van der Waals surface area contributed by atoms with E-state index in [4.69, 9.17) is 4.74 Å². The fraction of sp³-hybridized carbons (Fsp3) is 0.611. The van der Waals surface area contributed by atoms with Crippen molar-refractivity contribution in [3.63, 3.8) is 0 Å². The maximum atomic E-state index is 14.3. The monoisotopic (exact) mass is 384 g/mol. The van der Waals surface area contributed by atoms with Crippen LogP contribution in [0.4, 0.5) is 4.39 Å². The van der Waals surface area contributed by atoms with Crippen molar-refractivity contribution in [2.75, 3.05) is 39.4 Å². The molecule has 0 bridgehead atoms. The second-order valence-electron chi connectivity index (χ2n) is 6.86. The van der Waals surface area contributed by atoms with Crippen LogP contribution >= 0.6 is 0 Å². The van der Waals surface area contributed by atoms with E-state index in [2.05, 4.69) is 0 Å². The molecule has 6 nitrogen and oxygen atoms in total. The number of sulfonamides is 1. The Labute approximate surface area is 154 Å². The Kier molecular flexibility index (Phi) is 5.94. The van der Waals surface area contributed by atoms with Crippen LogP contribution in [0.3, 0.4) is 0 Å². The third kappa shape index (κ3) is 4.24. The van der Waals surface area contributed by atoms with Crippen LogP contribution < -0.4 is 0 Å². The SMILES string of the molecule is CCCN(CC1CC1)C(=O)c1ccc(F)c(S(=O)(=O)N2CCOCC2)c1. The molecule has 144 valence electrons. The molecule has 1 aliphatic heterocycles. The highest BCUT2D eigenvalue weighted by Gasteiger charge is 2.31. The van der Waals surface area contributed by atoms with Crippen molar-refractivity contribution >= 4 is 15.9 Å². The Hall–Kier alpha value is -1.51. The van der Waals surface area contributed by atoms with Gasteiger partial charge in [0.15, 0.2) is 0 Å². The third-order valence-electron chi connectivity index (χ3n) is 4.72. The van der Waals surface area contributed by atoms with Crippen molar-refractivity contribution < 1.29 is 22.3 Å². The van der Waals surface area contributed by atoms with Crippen molar-refractivity contribution in [1.29, 1.82) is 0 Å². The van der Waals surface area contributed by atoms with Crippen LogP contribution in [0.2, 0.25) is 0 Å². The second kappa shape index (κ2) is 8.02. The van der Waals surface area contributed by atoms with Crippen LogP contribution in [-0.2, 0) is 14.8 Å². The first-order chi connectivity index (χ1) is 12.4. The second-order valence-corrected chi connectivity index (χ2v) is 8.76. The number of nitrogens with zero attached hydrogens (tertiary/aromatic N) is 2. The molecule has 0 atom stereocenters. The summed E-state index contributed by atoms with van der Waals surface area (Å²) in [5.41, 5.74) is 0.215. The molecule has 2 fully saturated rings. The van der Waals surface area contributed by atoms with E-state index in [1.807, 2.05) is 6.92 Å². The first-order valence-corrected chi connectivity index (χ1v) is 10.5. The summed E-state index contributed by atoms with van der Waals surface area (Å²) in [4.78, 5) is 14.1. The van der Waals surface area contributed by atoms with Crippen LogP contribution in [0.1, 0.15) is 36.5 Å². The molecule has 0 aromatic heterocycles. The minimum absolute atomic E-state index is 0.184. The zero-order valence-electron chi connectivity index (χ0n) is 15.0. The molecule has 1 aliphatic carbocycles. The first kappa shape index (κ1) is 19.3. The summed E-state index contributed by atoms with van der Waals surface area (Å²) < 4.78 is 46.2. The van der Waals surface area contributed by atoms with Crippen LogP contribution in [0.15, 0.2) is 23.1 Å². The minimum atomic E-state index is -3.99. The number of halogens is 1. The van der Waals surface area contributed by atoms with E-state index in [0.717, 1.165) is 25.3 Å². The Morgan fingerprint density at radius 3 is 2.62 bits per heavy atom. The molecule has 2 aliphatic rings. The van der Waals surface area contributed by atoms with E-state index < -0.39 is 20.7 Å². The number of carbonyl (C=O) groups excluding carboxylic acids is 1. The standard InChI is InChI=1S/C18H25FN2O4S/c1-2-7-20(13-14-3-4-14)18(22)15-5-6-16(19)17(12-15)26(23,24)21-8-10-25-11-9-21/h5-6,12,14H,2-4,7-11,13H2,1H3. The zero-order chi connectivity index (χ0) is 18.7. The van der Waals surface area contributed by atoms with Gasteiger partial charge in [0, 0.05) is 31.7 Å². The minimum Gasteiger partial charge on any atom is -0.379 e. The molecule has 0 spiro atoms. The average Bonchev–Trinajstić information content (AvgIpc) is 3.46. The van der Waals surface area contributed by atoms with Gasteiger partial charge in [0.1, 0.15) is 10.7 Å². The number of benzene rings is 1. The van der Waals surface area contributed by atoms with Crippen LogP contribution in [-0.4, -0.2) is 62.9 Å². The highest BCUT2D eigenvalue weighted by atomic mass is 32.2. The molecule has 1 amide bonds. The van der Waals surface area contributed by atoms with Crippen molar-refractivity contribution in [3.05, 3.63) is 29.6 Å². The summed E-state index contributed by atoms with van der Waals surface area (Å²) in [5.74, 6) is -0.544. The summed E-state index contributed by atoms with van der Waals surface area (Å²) in [6.07, 6.45) is 3.06. The van der Waals surface area contributed by atoms with Gasteiger partial charge in [0.05, 0.1) is 13.2 Å². The van der Waals surface area contributed by atoms with E-state index >= 15 is 0 Å². The summed E-state index contributed by atoms with van der Waals surface area (Å²) in [6.45, 7) is 4.21. The lowest BCUT2D eigenvalue weighted by Gasteiger charge is -2.26. The Bertz CT molecular complexity index is 758. The number of morpholine rings is 1. The smallest absolute Gasteiger partial charge is 0.253 e. The topological polar surface area (TPSA) is 66.9 Å². The van der Waals surface area contributed by atoms with Gasteiger partial charge in [-0.3, -0.25) is 4.79 Å². The fourth-order valence-corrected chi connectivity index (χ4v) is 4.60. The van der Waals surface area contributed by atoms with E-state index in [0.29, 0.717) is 19.0 Å². The molecule has 1 heterocycles. The average molecular weight is 384 g/mol. The molecule has 0 N–H and O–H groups in total. The lowest BCUT2D eigenvalue weighted by molar-refractivity contribution is 0.0728. The van der Waals surface area contributed by atoms with Gasteiger partial charge in [-0.2, -0.15) is 4.31 Å². The van der Waals surface area contributed by atoms with Gasteiger partial charge in [-0.15, -0.1) is 0 Å². The number of rotatable bonds is 7. The fourth-order valence-electron chi connectivity index (χ4n) is 3.10. The molecule has 1 aromatic carbocycles. The van der Waals surface area contributed by atoms with Crippen molar-refractivity contribution in [3.8, 4) is 0 Å². The predicted molar refractivity (Wildman–Crippen MR) is 94.9 cm³/mol. The Morgan fingerprint density at radius 1 is 1.31 bits per heavy atom. The van der Waals surface area contributed by atoms with Gasteiger partial charge >= 0.3 is 0 Å².